The van der Waals surface area contributed by atoms with Crippen molar-refractivity contribution in [3.63, 3.8) is 0 Å². The molecule has 2 rings (SSSR count). The molecule has 2 unspecified atom stereocenters. The number of anilines is 1. The summed E-state index contributed by atoms with van der Waals surface area (Å²) in [6, 6.07) is 4.52. The van der Waals surface area contributed by atoms with Gasteiger partial charge in [0.25, 0.3) is 5.91 Å². The molecule has 0 saturated carbocycles. The van der Waals surface area contributed by atoms with E-state index in [2.05, 4.69) is 5.32 Å². The molecule has 1 aliphatic heterocycles. The van der Waals surface area contributed by atoms with E-state index in [1.54, 1.807) is 4.90 Å². The number of amides is 2. The zero-order valence-electron chi connectivity index (χ0n) is 12.8. The summed E-state index contributed by atoms with van der Waals surface area (Å²) in [4.78, 5) is 26.6. The molecule has 1 aromatic carbocycles. The number of hydrogen-bond donors (Lipinski definition) is 1. The van der Waals surface area contributed by atoms with Gasteiger partial charge >= 0.3 is 0 Å². The first kappa shape index (κ1) is 15.8. The molecule has 21 heavy (non-hydrogen) atoms. The monoisotopic (exact) mass is 308 g/mol. The zero-order chi connectivity index (χ0) is 15.7. The van der Waals surface area contributed by atoms with E-state index in [1.807, 2.05) is 45.9 Å². The highest BCUT2D eigenvalue weighted by Crippen LogP contribution is 2.32. The van der Waals surface area contributed by atoms with E-state index in [0.29, 0.717) is 17.1 Å². The van der Waals surface area contributed by atoms with E-state index in [4.69, 9.17) is 11.6 Å². The van der Waals surface area contributed by atoms with Gasteiger partial charge < -0.3 is 5.32 Å². The van der Waals surface area contributed by atoms with Crippen LogP contribution in [0.2, 0.25) is 5.02 Å². The Morgan fingerprint density at radius 1 is 1.33 bits per heavy atom. The van der Waals surface area contributed by atoms with Crippen molar-refractivity contribution in [2.75, 3.05) is 4.90 Å². The molecule has 114 valence electrons. The predicted molar refractivity (Wildman–Crippen MR) is 84.5 cm³/mol. The van der Waals surface area contributed by atoms with Gasteiger partial charge in [0, 0.05) is 0 Å². The molecule has 1 aliphatic rings. The number of carbonyl (C=O) groups excluding carboxylic acids is 2. The molecule has 0 bridgehead atoms. The maximum atomic E-state index is 12.8. The number of halogens is 1. The van der Waals surface area contributed by atoms with Crippen molar-refractivity contribution < 1.29 is 9.59 Å². The number of rotatable bonds is 3. The van der Waals surface area contributed by atoms with Crippen molar-refractivity contribution >= 4 is 29.1 Å². The third-order valence-electron chi connectivity index (χ3n) is 3.83. The molecule has 1 heterocycles. The lowest BCUT2D eigenvalue weighted by atomic mass is 9.96. The summed E-state index contributed by atoms with van der Waals surface area (Å²) in [5, 5.41) is 3.32. The van der Waals surface area contributed by atoms with Crippen LogP contribution >= 0.6 is 11.6 Å². The molecule has 1 aromatic rings. The molecule has 5 heteroatoms. The van der Waals surface area contributed by atoms with E-state index >= 15 is 0 Å². The van der Waals surface area contributed by atoms with Crippen molar-refractivity contribution in [1.29, 1.82) is 0 Å². The summed E-state index contributed by atoms with van der Waals surface area (Å²) in [5.41, 5.74) is 1.63. The van der Waals surface area contributed by atoms with Crippen LogP contribution in [-0.4, -0.2) is 23.9 Å². The van der Waals surface area contributed by atoms with Gasteiger partial charge in [0.2, 0.25) is 5.91 Å². The minimum absolute atomic E-state index is 0.0333. The highest BCUT2D eigenvalue weighted by molar-refractivity contribution is 6.34. The molecule has 2 amide bonds. The second kappa shape index (κ2) is 6.06. The van der Waals surface area contributed by atoms with Crippen molar-refractivity contribution in [2.45, 2.75) is 46.2 Å². The normalized spacial score (nSPS) is 22.7. The van der Waals surface area contributed by atoms with Crippen LogP contribution in [0, 0.1) is 12.8 Å². The minimum Gasteiger partial charge on any atom is -0.342 e. The van der Waals surface area contributed by atoms with Gasteiger partial charge in [-0.15, -0.1) is 0 Å². The number of nitrogens with zero attached hydrogens (tertiary/aromatic N) is 1. The Bertz CT molecular complexity index is 571. The maximum Gasteiger partial charge on any atom is 0.250 e. The molecule has 1 saturated heterocycles. The number of nitrogens with one attached hydrogen (secondary N) is 1. The van der Waals surface area contributed by atoms with Crippen LogP contribution in [0.1, 0.15) is 32.8 Å². The fourth-order valence-electron chi connectivity index (χ4n) is 2.65. The summed E-state index contributed by atoms with van der Waals surface area (Å²) < 4.78 is 0. The van der Waals surface area contributed by atoms with Crippen LogP contribution in [0.25, 0.3) is 0 Å². The fourth-order valence-corrected chi connectivity index (χ4v) is 2.97. The van der Waals surface area contributed by atoms with E-state index < -0.39 is 12.1 Å². The molecule has 2 atom stereocenters. The average Bonchev–Trinajstić information content (AvgIpc) is 2.41. The number of aryl methyl sites for hydroxylation is 1. The van der Waals surface area contributed by atoms with Gasteiger partial charge in [-0.25, -0.2) is 0 Å². The second-order valence-electron chi connectivity index (χ2n) is 5.82. The van der Waals surface area contributed by atoms with Gasteiger partial charge in [-0.05, 0) is 37.0 Å². The van der Waals surface area contributed by atoms with Crippen molar-refractivity contribution in [2.24, 2.45) is 5.92 Å². The van der Waals surface area contributed by atoms with Crippen LogP contribution < -0.4 is 10.2 Å². The first-order valence-electron chi connectivity index (χ1n) is 7.26. The van der Waals surface area contributed by atoms with Crippen LogP contribution in [-0.2, 0) is 9.59 Å². The first-order chi connectivity index (χ1) is 9.86. The topological polar surface area (TPSA) is 49.4 Å². The summed E-state index contributed by atoms with van der Waals surface area (Å²) in [6.45, 7) is 7.67. The molecular weight excluding hydrogens is 288 g/mol. The number of benzene rings is 1. The van der Waals surface area contributed by atoms with Gasteiger partial charge in [0.15, 0.2) is 0 Å². The SMILES string of the molecule is CCC1C(=O)NC(C(C)C)C(=O)N1c1ccc(C)cc1Cl. The molecule has 0 aromatic heterocycles. The lowest BCUT2D eigenvalue weighted by molar-refractivity contribution is -0.134. The fraction of sp³-hybridized carbons (Fsp3) is 0.500. The Kier molecular flexibility index (Phi) is 4.57. The van der Waals surface area contributed by atoms with Crippen molar-refractivity contribution in [1.82, 2.24) is 5.32 Å². The minimum atomic E-state index is -0.507. The van der Waals surface area contributed by atoms with E-state index in [-0.39, 0.29) is 17.7 Å². The van der Waals surface area contributed by atoms with Crippen LogP contribution in [0.3, 0.4) is 0 Å². The predicted octanol–water partition coefficient (Wildman–Crippen LogP) is 2.91. The van der Waals surface area contributed by atoms with E-state index in [1.165, 1.54) is 0 Å². The summed E-state index contributed by atoms with van der Waals surface area (Å²) >= 11 is 6.30. The van der Waals surface area contributed by atoms with Gasteiger partial charge in [0.1, 0.15) is 12.1 Å². The molecule has 1 fully saturated rings. The smallest absolute Gasteiger partial charge is 0.250 e. The molecule has 1 N–H and O–H groups in total. The van der Waals surface area contributed by atoms with Crippen LogP contribution in [0.5, 0.6) is 0 Å². The average molecular weight is 309 g/mol. The highest BCUT2D eigenvalue weighted by Gasteiger charge is 2.42. The van der Waals surface area contributed by atoms with Crippen LogP contribution in [0.4, 0.5) is 5.69 Å². The number of piperazine rings is 1. The number of hydrogen-bond acceptors (Lipinski definition) is 2. The van der Waals surface area contributed by atoms with Gasteiger partial charge in [0.05, 0.1) is 10.7 Å². The molecular formula is C16H21ClN2O2. The Morgan fingerprint density at radius 2 is 2.00 bits per heavy atom. The Balaban J connectivity index is 2.49. The molecule has 0 radical (unpaired) electrons. The summed E-state index contributed by atoms with van der Waals surface area (Å²) in [7, 11) is 0. The Morgan fingerprint density at radius 3 is 2.52 bits per heavy atom. The van der Waals surface area contributed by atoms with Crippen molar-refractivity contribution in [3.05, 3.63) is 28.8 Å². The summed E-state index contributed by atoms with van der Waals surface area (Å²) in [6.07, 6.45) is 0.548. The lowest BCUT2D eigenvalue weighted by Crippen LogP contribution is -2.65. The zero-order valence-corrected chi connectivity index (χ0v) is 13.6. The van der Waals surface area contributed by atoms with E-state index in [9.17, 15) is 9.59 Å². The third-order valence-corrected chi connectivity index (χ3v) is 4.13. The largest absolute Gasteiger partial charge is 0.342 e. The molecule has 0 aliphatic carbocycles. The van der Waals surface area contributed by atoms with Gasteiger partial charge in [-0.1, -0.05) is 38.4 Å². The van der Waals surface area contributed by atoms with Gasteiger partial charge in [-0.2, -0.15) is 0 Å². The van der Waals surface area contributed by atoms with E-state index in [0.717, 1.165) is 5.56 Å². The summed E-state index contributed by atoms with van der Waals surface area (Å²) in [5.74, 6) is -0.180. The van der Waals surface area contributed by atoms with Gasteiger partial charge in [-0.3, -0.25) is 14.5 Å². The molecule has 4 nitrogen and oxygen atoms in total. The highest BCUT2D eigenvalue weighted by atomic mass is 35.5. The quantitative estimate of drug-likeness (QED) is 0.933. The number of carbonyl (C=O) groups is 2. The molecule has 0 spiro atoms. The Labute approximate surface area is 130 Å². The lowest BCUT2D eigenvalue weighted by Gasteiger charge is -2.40. The second-order valence-corrected chi connectivity index (χ2v) is 6.22. The third kappa shape index (κ3) is 2.91. The standard InChI is InChI=1S/C16H21ClN2O2/c1-5-12-15(20)18-14(9(2)3)16(21)19(12)13-7-6-10(4)8-11(13)17/h6-9,12,14H,5H2,1-4H3,(H,18,20). The van der Waals surface area contributed by atoms with Crippen molar-refractivity contribution in [3.8, 4) is 0 Å². The Hall–Kier alpha value is -1.55. The maximum absolute atomic E-state index is 12.8. The van der Waals surface area contributed by atoms with Crippen LogP contribution in [0.15, 0.2) is 18.2 Å². The first-order valence-corrected chi connectivity index (χ1v) is 7.64.